The summed E-state index contributed by atoms with van der Waals surface area (Å²) in [6, 6.07) is 8.79. The van der Waals surface area contributed by atoms with Gasteiger partial charge in [0.05, 0.1) is 16.9 Å². The van der Waals surface area contributed by atoms with Crippen LogP contribution in [0.25, 0.3) is 10.9 Å². The molecule has 0 saturated heterocycles. The second-order valence-corrected chi connectivity index (χ2v) is 6.01. The first-order chi connectivity index (χ1) is 9.68. The SMILES string of the molecule is CC1CCCCC1N(C)c1ccc2ncccc2c1N. The van der Waals surface area contributed by atoms with E-state index in [1.54, 1.807) is 0 Å². The Balaban J connectivity index is 1.98. The molecule has 0 aliphatic heterocycles. The first-order valence-electron chi connectivity index (χ1n) is 7.54. The highest BCUT2D eigenvalue weighted by Gasteiger charge is 2.26. The smallest absolute Gasteiger partial charge is 0.0724 e. The topological polar surface area (TPSA) is 42.2 Å². The Bertz CT molecular complexity index is 608. The molecule has 3 heteroatoms. The van der Waals surface area contributed by atoms with Crippen molar-refractivity contribution >= 4 is 22.3 Å². The first kappa shape index (κ1) is 13.2. The fraction of sp³-hybridized carbons (Fsp3) is 0.471. The number of aromatic nitrogens is 1. The number of pyridine rings is 1. The molecule has 1 saturated carbocycles. The fourth-order valence-corrected chi connectivity index (χ4v) is 3.52. The summed E-state index contributed by atoms with van der Waals surface area (Å²) < 4.78 is 0. The molecule has 2 aromatic rings. The van der Waals surface area contributed by atoms with Gasteiger partial charge in [0.15, 0.2) is 0 Å². The molecule has 106 valence electrons. The maximum absolute atomic E-state index is 6.39. The van der Waals surface area contributed by atoms with Crippen molar-refractivity contribution in [3.05, 3.63) is 30.5 Å². The van der Waals surface area contributed by atoms with Crippen molar-refractivity contribution in [2.75, 3.05) is 17.7 Å². The van der Waals surface area contributed by atoms with E-state index in [9.17, 15) is 0 Å². The zero-order valence-electron chi connectivity index (χ0n) is 12.3. The standard InChI is InChI=1S/C17H23N3/c1-12-6-3-4-8-15(12)20(2)16-10-9-14-13(17(16)18)7-5-11-19-14/h5,7,9-12,15H,3-4,6,8,18H2,1-2H3. The van der Waals surface area contributed by atoms with E-state index in [0.717, 1.165) is 28.2 Å². The number of anilines is 2. The molecular formula is C17H23N3. The summed E-state index contributed by atoms with van der Waals surface area (Å²) in [5, 5.41) is 1.06. The summed E-state index contributed by atoms with van der Waals surface area (Å²) in [7, 11) is 2.18. The Morgan fingerprint density at radius 1 is 1.20 bits per heavy atom. The number of hydrogen-bond donors (Lipinski definition) is 1. The van der Waals surface area contributed by atoms with Gasteiger partial charge < -0.3 is 10.6 Å². The maximum atomic E-state index is 6.39. The Labute approximate surface area is 120 Å². The number of benzene rings is 1. The average Bonchev–Trinajstić information content (AvgIpc) is 2.48. The van der Waals surface area contributed by atoms with Crippen LogP contribution in [0.3, 0.4) is 0 Å². The molecule has 1 aliphatic carbocycles. The van der Waals surface area contributed by atoms with Crippen LogP contribution < -0.4 is 10.6 Å². The number of nitrogens with zero attached hydrogens (tertiary/aromatic N) is 2. The fourth-order valence-electron chi connectivity index (χ4n) is 3.52. The van der Waals surface area contributed by atoms with E-state index in [1.807, 2.05) is 12.3 Å². The van der Waals surface area contributed by atoms with Gasteiger partial charge in [-0.3, -0.25) is 4.98 Å². The summed E-state index contributed by atoms with van der Waals surface area (Å²) in [4.78, 5) is 6.75. The number of rotatable bonds is 2. The number of nitrogen functional groups attached to an aromatic ring is 1. The van der Waals surface area contributed by atoms with Crippen LogP contribution in [0.5, 0.6) is 0 Å². The first-order valence-corrected chi connectivity index (χ1v) is 7.54. The summed E-state index contributed by atoms with van der Waals surface area (Å²) in [5.74, 6) is 0.734. The molecule has 1 aromatic heterocycles. The van der Waals surface area contributed by atoms with Gasteiger partial charge in [0, 0.05) is 24.7 Å². The van der Waals surface area contributed by atoms with Crippen molar-refractivity contribution in [2.45, 2.75) is 38.6 Å². The van der Waals surface area contributed by atoms with Crippen LogP contribution in [0.2, 0.25) is 0 Å². The summed E-state index contributed by atoms with van der Waals surface area (Å²) >= 11 is 0. The largest absolute Gasteiger partial charge is 0.396 e. The van der Waals surface area contributed by atoms with Crippen molar-refractivity contribution in [2.24, 2.45) is 5.92 Å². The third-order valence-electron chi connectivity index (χ3n) is 4.75. The molecule has 0 amide bonds. The van der Waals surface area contributed by atoms with Crippen LogP contribution in [0.1, 0.15) is 32.6 Å². The minimum atomic E-state index is 0.597. The van der Waals surface area contributed by atoms with Gasteiger partial charge in [-0.15, -0.1) is 0 Å². The number of nitrogens with two attached hydrogens (primary N) is 1. The van der Waals surface area contributed by atoms with E-state index >= 15 is 0 Å². The molecule has 0 spiro atoms. The molecule has 3 rings (SSSR count). The van der Waals surface area contributed by atoms with Gasteiger partial charge in [-0.2, -0.15) is 0 Å². The van der Waals surface area contributed by atoms with Crippen molar-refractivity contribution in [3.8, 4) is 0 Å². The van der Waals surface area contributed by atoms with Gasteiger partial charge in [0.1, 0.15) is 0 Å². The lowest BCUT2D eigenvalue weighted by atomic mass is 9.85. The lowest BCUT2D eigenvalue weighted by Crippen LogP contribution is -2.39. The summed E-state index contributed by atoms with van der Waals surface area (Å²) in [6.07, 6.45) is 7.09. The van der Waals surface area contributed by atoms with Gasteiger partial charge in [-0.25, -0.2) is 0 Å². The quantitative estimate of drug-likeness (QED) is 0.842. The third-order valence-corrected chi connectivity index (χ3v) is 4.75. The molecule has 1 fully saturated rings. The Kier molecular flexibility index (Phi) is 3.51. The van der Waals surface area contributed by atoms with Crippen LogP contribution in [-0.4, -0.2) is 18.1 Å². The number of hydrogen-bond acceptors (Lipinski definition) is 3. The summed E-state index contributed by atoms with van der Waals surface area (Å²) in [6.45, 7) is 2.36. The van der Waals surface area contributed by atoms with Gasteiger partial charge in [-0.1, -0.05) is 19.8 Å². The van der Waals surface area contributed by atoms with Gasteiger partial charge in [-0.05, 0) is 43.0 Å². The second kappa shape index (κ2) is 5.31. The predicted octanol–water partition coefficient (Wildman–Crippen LogP) is 3.83. The lowest BCUT2D eigenvalue weighted by Gasteiger charge is -2.38. The van der Waals surface area contributed by atoms with E-state index in [1.165, 1.54) is 25.7 Å². The zero-order valence-corrected chi connectivity index (χ0v) is 12.3. The minimum absolute atomic E-state index is 0.597. The Hall–Kier alpha value is -1.77. The van der Waals surface area contributed by atoms with Crippen LogP contribution in [0, 0.1) is 5.92 Å². The van der Waals surface area contributed by atoms with Crippen molar-refractivity contribution in [1.82, 2.24) is 4.98 Å². The normalized spacial score (nSPS) is 22.9. The molecule has 2 atom stereocenters. The van der Waals surface area contributed by atoms with Crippen LogP contribution in [-0.2, 0) is 0 Å². The van der Waals surface area contributed by atoms with Crippen molar-refractivity contribution in [3.63, 3.8) is 0 Å². The van der Waals surface area contributed by atoms with E-state index in [0.29, 0.717) is 6.04 Å². The Morgan fingerprint density at radius 2 is 2.00 bits per heavy atom. The Morgan fingerprint density at radius 3 is 2.80 bits per heavy atom. The van der Waals surface area contributed by atoms with E-state index < -0.39 is 0 Å². The van der Waals surface area contributed by atoms with E-state index in [2.05, 4.69) is 42.1 Å². The highest BCUT2D eigenvalue weighted by Crippen LogP contribution is 2.35. The molecule has 1 aromatic carbocycles. The summed E-state index contributed by atoms with van der Waals surface area (Å²) in [5.41, 5.74) is 9.36. The molecule has 1 heterocycles. The predicted molar refractivity (Wildman–Crippen MR) is 86.0 cm³/mol. The minimum Gasteiger partial charge on any atom is -0.396 e. The van der Waals surface area contributed by atoms with Crippen LogP contribution in [0.4, 0.5) is 11.4 Å². The molecule has 20 heavy (non-hydrogen) atoms. The lowest BCUT2D eigenvalue weighted by molar-refractivity contribution is 0.322. The second-order valence-electron chi connectivity index (χ2n) is 6.01. The highest BCUT2D eigenvalue weighted by molar-refractivity contribution is 5.97. The molecule has 2 N–H and O–H groups in total. The van der Waals surface area contributed by atoms with Crippen LogP contribution in [0.15, 0.2) is 30.5 Å². The van der Waals surface area contributed by atoms with E-state index in [4.69, 9.17) is 5.73 Å². The maximum Gasteiger partial charge on any atom is 0.0724 e. The average molecular weight is 269 g/mol. The molecule has 3 nitrogen and oxygen atoms in total. The molecule has 0 bridgehead atoms. The zero-order chi connectivity index (χ0) is 14.1. The molecule has 2 unspecified atom stereocenters. The van der Waals surface area contributed by atoms with Gasteiger partial charge >= 0.3 is 0 Å². The molecule has 0 radical (unpaired) electrons. The monoisotopic (exact) mass is 269 g/mol. The van der Waals surface area contributed by atoms with Gasteiger partial charge in [0.2, 0.25) is 0 Å². The van der Waals surface area contributed by atoms with Crippen molar-refractivity contribution < 1.29 is 0 Å². The highest BCUT2D eigenvalue weighted by atomic mass is 15.1. The third kappa shape index (κ3) is 2.21. The molecular weight excluding hydrogens is 246 g/mol. The van der Waals surface area contributed by atoms with Crippen molar-refractivity contribution in [1.29, 1.82) is 0 Å². The van der Waals surface area contributed by atoms with Gasteiger partial charge in [0.25, 0.3) is 0 Å². The molecule has 1 aliphatic rings. The van der Waals surface area contributed by atoms with E-state index in [-0.39, 0.29) is 0 Å². The van der Waals surface area contributed by atoms with Crippen LogP contribution >= 0.6 is 0 Å². The number of fused-ring (bicyclic) bond motifs is 1.